The standard InChI is InChI=1S/C21H25ClN4O2/c1-2-23-21(25-14-16-7-5-8-17(22)13-16)24-11-6-12-26-18-9-3-4-10-19(18)28-15-20(26)27/h3-5,7-10,13H,2,6,11-12,14-15H2,1H3,(H2,23,24,25). The van der Waals surface area contributed by atoms with Crippen LogP contribution in [0.25, 0.3) is 0 Å². The Kier molecular flexibility index (Phi) is 7.14. The minimum absolute atomic E-state index is 0.0137. The van der Waals surface area contributed by atoms with Gasteiger partial charge in [0.2, 0.25) is 0 Å². The van der Waals surface area contributed by atoms with Gasteiger partial charge >= 0.3 is 0 Å². The minimum Gasteiger partial charge on any atom is -0.482 e. The molecule has 1 amide bonds. The van der Waals surface area contributed by atoms with E-state index in [-0.39, 0.29) is 12.5 Å². The van der Waals surface area contributed by atoms with Crippen LogP contribution in [-0.4, -0.2) is 38.1 Å². The van der Waals surface area contributed by atoms with Gasteiger partial charge in [0.15, 0.2) is 12.6 Å². The summed E-state index contributed by atoms with van der Waals surface area (Å²) >= 11 is 6.02. The first-order chi connectivity index (χ1) is 13.7. The van der Waals surface area contributed by atoms with Crippen molar-refractivity contribution in [3.8, 4) is 5.75 Å². The molecule has 0 spiro atoms. The lowest BCUT2D eigenvalue weighted by atomic mass is 10.2. The van der Waals surface area contributed by atoms with E-state index in [1.165, 1.54) is 0 Å². The van der Waals surface area contributed by atoms with E-state index in [9.17, 15) is 4.79 Å². The van der Waals surface area contributed by atoms with Crippen molar-refractivity contribution >= 4 is 29.2 Å². The van der Waals surface area contributed by atoms with Gasteiger partial charge in [0, 0.05) is 24.7 Å². The molecule has 0 radical (unpaired) electrons. The molecule has 0 atom stereocenters. The van der Waals surface area contributed by atoms with Crippen molar-refractivity contribution in [1.82, 2.24) is 10.6 Å². The summed E-state index contributed by atoms with van der Waals surface area (Å²) in [6.45, 7) is 4.77. The topological polar surface area (TPSA) is 66.0 Å². The lowest BCUT2D eigenvalue weighted by molar-refractivity contribution is -0.121. The highest BCUT2D eigenvalue weighted by atomic mass is 35.5. The van der Waals surface area contributed by atoms with E-state index in [0.29, 0.717) is 24.7 Å². The van der Waals surface area contributed by atoms with E-state index in [1.54, 1.807) is 4.90 Å². The van der Waals surface area contributed by atoms with E-state index in [4.69, 9.17) is 16.3 Å². The molecule has 2 aromatic rings. The number of nitrogens with one attached hydrogen (secondary N) is 2. The Morgan fingerprint density at radius 3 is 2.89 bits per heavy atom. The van der Waals surface area contributed by atoms with Gasteiger partial charge in [0.05, 0.1) is 12.2 Å². The fraction of sp³-hybridized carbons (Fsp3) is 0.333. The van der Waals surface area contributed by atoms with E-state index in [2.05, 4.69) is 15.6 Å². The third-order valence-corrected chi connectivity index (χ3v) is 4.55. The second kappa shape index (κ2) is 9.99. The first-order valence-corrected chi connectivity index (χ1v) is 9.84. The monoisotopic (exact) mass is 400 g/mol. The summed E-state index contributed by atoms with van der Waals surface area (Å²) in [6.07, 6.45) is 0.793. The summed E-state index contributed by atoms with van der Waals surface area (Å²) in [5, 5.41) is 7.27. The van der Waals surface area contributed by atoms with Crippen molar-refractivity contribution in [2.75, 3.05) is 31.1 Å². The zero-order chi connectivity index (χ0) is 19.8. The number of halogens is 1. The van der Waals surface area contributed by atoms with Gasteiger partial charge in [-0.2, -0.15) is 0 Å². The normalized spacial score (nSPS) is 13.7. The summed E-state index contributed by atoms with van der Waals surface area (Å²) in [6, 6.07) is 15.3. The lowest BCUT2D eigenvalue weighted by Gasteiger charge is -2.29. The quantitative estimate of drug-likeness (QED) is 0.425. The number of hydrogen-bond donors (Lipinski definition) is 2. The van der Waals surface area contributed by atoms with Gasteiger partial charge in [-0.15, -0.1) is 0 Å². The van der Waals surface area contributed by atoms with Gasteiger partial charge in [-0.1, -0.05) is 35.9 Å². The molecule has 0 unspecified atom stereocenters. The molecule has 6 nitrogen and oxygen atoms in total. The van der Waals surface area contributed by atoms with Crippen LogP contribution in [-0.2, 0) is 11.3 Å². The number of carbonyl (C=O) groups is 1. The molecule has 0 fully saturated rings. The summed E-state index contributed by atoms with van der Waals surface area (Å²) in [5.74, 6) is 1.49. The molecule has 0 bridgehead atoms. The van der Waals surface area contributed by atoms with Gasteiger partial charge in [-0.3, -0.25) is 4.79 Å². The first kappa shape index (κ1) is 20.0. The number of anilines is 1. The van der Waals surface area contributed by atoms with Crippen LogP contribution in [0, 0.1) is 0 Å². The second-order valence-electron chi connectivity index (χ2n) is 6.41. The number of aliphatic imine (C=N–C) groups is 1. The number of guanidine groups is 1. The number of nitrogens with zero attached hydrogens (tertiary/aromatic N) is 2. The first-order valence-electron chi connectivity index (χ1n) is 9.46. The average molecular weight is 401 g/mol. The van der Waals surface area contributed by atoms with Crippen LogP contribution in [0.5, 0.6) is 5.75 Å². The predicted octanol–water partition coefficient (Wildman–Crippen LogP) is 3.21. The van der Waals surface area contributed by atoms with Crippen molar-refractivity contribution < 1.29 is 9.53 Å². The van der Waals surface area contributed by atoms with E-state index >= 15 is 0 Å². The Bertz CT molecular complexity index is 841. The van der Waals surface area contributed by atoms with Crippen molar-refractivity contribution in [3.63, 3.8) is 0 Å². The third-order valence-electron chi connectivity index (χ3n) is 4.31. The Hall–Kier alpha value is -2.73. The molecule has 0 saturated heterocycles. The number of ether oxygens (including phenoxy) is 1. The predicted molar refractivity (Wildman–Crippen MR) is 113 cm³/mol. The minimum atomic E-state index is -0.0137. The van der Waals surface area contributed by atoms with Crippen LogP contribution in [0.15, 0.2) is 53.5 Å². The number of hydrogen-bond acceptors (Lipinski definition) is 3. The molecule has 0 saturated carbocycles. The Morgan fingerprint density at radius 2 is 2.07 bits per heavy atom. The second-order valence-corrected chi connectivity index (χ2v) is 6.84. The van der Waals surface area contributed by atoms with Gasteiger partial charge in [0.25, 0.3) is 5.91 Å². The van der Waals surface area contributed by atoms with Crippen LogP contribution in [0.4, 0.5) is 5.69 Å². The molecule has 1 heterocycles. The lowest BCUT2D eigenvalue weighted by Crippen LogP contribution is -2.42. The number of para-hydroxylation sites is 2. The van der Waals surface area contributed by atoms with Crippen molar-refractivity contribution in [3.05, 3.63) is 59.1 Å². The van der Waals surface area contributed by atoms with E-state index in [0.717, 1.165) is 35.9 Å². The molecule has 148 valence electrons. The molecule has 0 aromatic heterocycles. The molecule has 1 aliphatic heterocycles. The molecule has 0 aliphatic carbocycles. The maximum absolute atomic E-state index is 12.2. The number of carbonyl (C=O) groups excluding carboxylic acids is 1. The maximum atomic E-state index is 12.2. The zero-order valence-corrected chi connectivity index (χ0v) is 16.7. The third kappa shape index (κ3) is 5.39. The summed E-state index contributed by atoms with van der Waals surface area (Å²) in [5.41, 5.74) is 1.89. The Balaban J connectivity index is 1.52. The van der Waals surface area contributed by atoms with Gasteiger partial charge in [-0.05, 0) is 43.2 Å². The molecule has 3 rings (SSSR count). The Morgan fingerprint density at radius 1 is 1.21 bits per heavy atom. The molecular formula is C21H25ClN4O2. The molecular weight excluding hydrogens is 376 g/mol. The maximum Gasteiger partial charge on any atom is 0.265 e. The highest BCUT2D eigenvalue weighted by Crippen LogP contribution is 2.31. The smallest absolute Gasteiger partial charge is 0.265 e. The average Bonchev–Trinajstić information content (AvgIpc) is 2.70. The van der Waals surface area contributed by atoms with Crippen molar-refractivity contribution in [2.45, 2.75) is 19.9 Å². The van der Waals surface area contributed by atoms with Crippen LogP contribution < -0.4 is 20.3 Å². The van der Waals surface area contributed by atoms with E-state index < -0.39 is 0 Å². The molecule has 2 aromatic carbocycles. The fourth-order valence-corrected chi connectivity index (χ4v) is 3.20. The van der Waals surface area contributed by atoms with Crippen LogP contribution in [0.2, 0.25) is 5.02 Å². The summed E-state index contributed by atoms with van der Waals surface area (Å²) in [4.78, 5) is 18.6. The number of benzene rings is 2. The summed E-state index contributed by atoms with van der Waals surface area (Å²) in [7, 11) is 0. The molecule has 2 N–H and O–H groups in total. The highest BCUT2D eigenvalue weighted by Gasteiger charge is 2.24. The molecule has 28 heavy (non-hydrogen) atoms. The van der Waals surface area contributed by atoms with E-state index in [1.807, 2.05) is 55.5 Å². The molecule has 7 heteroatoms. The number of amides is 1. The van der Waals surface area contributed by atoms with Crippen LogP contribution in [0.3, 0.4) is 0 Å². The number of rotatable bonds is 7. The molecule has 1 aliphatic rings. The summed E-state index contributed by atoms with van der Waals surface area (Å²) < 4.78 is 5.48. The van der Waals surface area contributed by atoms with Crippen LogP contribution >= 0.6 is 11.6 Å². The SMILES string of the molecule is CCNC(=NCc1cccc(Cl)c1)NCCCN1C(=O)COc2ccccc21. The van der Waals surface area contributed by atoms with Gasteiger partial charge in [-0.25, -0.2) is 4.99 Å². The van der Waals surface area contributed by atoms with Gasteiger partial charge < -0.3 is 20.3 Å². The van der Waals surface area contributed by atoms with Gasteiger partial charge in [0.1, 0.15) is 5.75 Å². The Labute approximate surface area is 170 Å². The largest absolute Gasteiger partial charge is 0.482 e. The van der Waals surface area contributed by atoms with Crippen LogP contribution in [0.1, 0.15) is 18.9 Å². The zero-order valence-electron chi connectivity index (χ0n) is 16.0. The van der Waals surface area contributed by atoms with Crippen molar-refractivity contribution in [2.24, 2.45) is 4.99 Å². The highest BCUT2D eigenvalue weighted by molar-refractivity contribution is 6.30. The number of fused-ring (bicyclic) bond motifs is 1. The van der Waals surface area contributed by atoms with Crippen molar-refractivity contribution in [1.29, 1.82) is 0 Å². The fourth-order valence-electron chi connectivity index (χ4n) is 2.99.